The minimum Gasteiger partial charge on any atom is -0.385 e. The van der Waals surface area contributed by atoms with Gasteiger partial charge >= 0.3 is 0 Å². The fourth-order valence-corrected chi connectivity index (χ4v) is 1.67. The first-order valence-corrected chi connectivity index (χ1v) is 6.29. The topological polar surface area (TPSA) is 41.1 Å². The Kier molecular flexibility index (Phi) is 3.36. The zero-order valence-corrected chi connectivity index (χ0v) is 10.5. The molecule has 1 aliphatic rings. The minimum absolute atomic E-state index is 0.0343. The van der Waals surface area contributed by atoms with Crippen molar-refractivity contribution >= 4 is 11.6 Å². The number of amides is 1. The molecule has 1 aliphatic carbocycles. The summed E-state index contributed by atoms with van der Waals surface area (Å²) in [5.74, 6) is 0.0343. The first-order chi connectivity index (χ1) is 8.13. The van der Waals surface area contributed by atoms with E-state index >= 15 is 0 Å². The summed E-state index contributed by atoms with van der Waals surface area (Å²) in [7, 11) is 0. The van der Waals surface area contributed by atoms with Gasteiger partial charge in [-0.1, -0.05) is 6.92 Å². The summed E-state index contributed by atoms with van der Waals surface area (Å²) in [5, 5.41) is 6.34. The summed E-state index contributed by atoms with van der Waals surface area (Å²) in [6.07, 6.45) is 3.28. The fraction of sp³-hybridized carbons (Fsp3) is 0.500. The van der Waals surface area contributed by atoms with E-state index in [4.69, 9.17) is 0 Å². The van der Waals surface area contributed by atoms with E-state index in [1.54, 1.807) is 0 Å². The molecule has 2 N–H and O–H groups in total. The van der Waals surface area contributed by atoms with Gasteiger partial charge in [-0.05, 0) is 50.5 Å². The number of carbonyl (C=O) groups excluding carboxylic acids is 1. The van der Waals surface area contributed by atoms with Crippen LogP contribution in [0.4, 0.5) is 5.69 Å². The van der Waals surface area contributed by atoms with Gasteiger partial charge in [-0.2, -0.15) is 0 Å². The van der Waals surface area contributed by atoms with Gasteiger partial charge in [0.25, 0.3) is 5.91 Å². The summed E-state index contributed by atoms with van der Waals surface area (Å²) in [6, 6.07) is 7.66. The highest BCUT2D eigenvalue weighted by atomic mass is 16.1. The lowest BCUT2D eigenvalue weighted by molar-refractivity contribution is 0.0935. The average Bonchev–Trinajstić information content (AvgIpc) is 3.04. The molecular weight excluding hydrogens is 212 g/mol. The molecule has 1 amide bonds. The van der Waals surface area contributed by atoms with Crippen molar-refractivity contribution in [2.45, 2.75) is 38.6 Å². The van der Waals surface area contributed by atoms with Crippen molar-refractivity contribution in [2.24, 2.45) is 0 Å². The van der Waals surface area contributed by atoms with Crippen LogP contribution in [0.5, 0.6) is 0 Å². The van der Waals surface area contributed by atoms with Gasteiger partial charge in [0.2, 0.25) is 0 Å². The summed E-state index contributed by atoms with van der Waals surface area (Å²) in [4.78, 5) is 11.9. The summed E-state index contributed by atoms with van der Waals surface area (Å²) in [6.45, 7) is 5.18. The van der Waals surface area contributed by atoms with Crippen LogP contribution < -0.4 is 10.6 Å². The molecule has 0 aromatic heterocycles. The molecule has 0 bridgehead atoms. The molecule has 1 fully saturated rings. The molecule has 0 heterocycles. The second-order valence-electron chi connectivity index (χ2n) is 5.02. The van der Waals surface area contributed by atoms with Crippen molar-refractivity contribution < 1.29 is 4.79 Å². The molecule has 0 radical (unpaired) electrons. The third-order valence-corrected chi connectivity index (χ3v) is 3.14. The van der Waals surface area contributed by atoms with Gasteiger partial charge in [-0.15, -0.1) is 0 Å². The van der Waals surface area contributed by atoms with Gasteiger partial charge < -0.3 is 10.6 Å². The van der Waals surface area contributed by atoms with E-state index in [1.807, 2.05) is 24.3 Å². The van der Waals surface area contributed by atoms with Crippen molar-refractivity contribution in [3.63, 3.8) is 0 Å². The number of rotatable bonds is 5. The van der Waals surface area contributed by atoms with Crippen molar-refractivity contribution in [3.8, 4) is 0 Å². The molecule has 0 spiro atoms. The van der Waals surface area contributed by atoms with E-state index in [2.05, 4.69) is 24.5 Å². The van der Waals surface area contributed by atoms with Crippen molar-refractivity contribution in [1.29, 1.82) is 0 Å². The van der Waals surface area contributed by atoms with Crippen LogP contribution in [0.25, 0.3) is 0 Å². The largest absolute Gasteiger partial charge is 0.385 e. The molecule has 0 atom stereocenters. The Labute approximate surface area is 103 Å². The van der Waals surface area contributed by atoms with E-state index in [1.165, 1.54) is 0 Å². The minimum atomic E-state index is 0.0343. The molecule has 0 aliphatic heterocycles. The van der Waals surface area contributed by atoms with Gasteiger partial charge in [-0.25, -0.2) is 0 Å². The van der Waals surface area contributed by atoms with Gasteiger partial charge in [-0.3, -0.25) is 4.79 Å². The molecular formula is C14H20N2O. The van der Waals surface area contributed by atoms with Crippen LogP contribution in [0.2, 0.25) is 0 Å². The van der Waals surface area contributed by atoms with E-state index in [9.17, 15) is 4.79 Å². The Morgan fingerprint density at radius 2 is 1.94 bits per heavy atom. The van der Waals surface area contributed by atoms with Gasteiger partial charge in [0.05, 0.1) is 0 Å². The van der Waals surface area contributed by atoms with Crippen molar-refractivity contribution in [1.82, 2.24) is 5.32 Å². The standard InChI is InChI=1S/C14H20N2O/c1-3-10-15-12-6-4-11(5-7-12)13(17)16-14(2)8-9-14/h4-7,15H,3,8-10H2,1-2H3,(H,16,17). The zero-order valence-electron chi connectivity index (χ0n) is 10.5. The lowest BCUT2D eigenvalue weighted by Gasteiger charge is -2.12. The van der Waals surface area contributed by atoms with Gasteiger partial charge in [0.1, 0.15) is 0 Å². The fourth-order valence-electron chi connectivity index (χ4n) is 1.67. The predicted molar refractivity (Wildman–Crippen MR) is 70.3 cm³/mol. The van der Waals surface area contributed by atoms with Crippen LogP contribution in [-0.2, 0) is 0 Å². The maximum Gasteiger partial charge on any atom is 0.251 e. The molecule has 3 nitrogen and oxygen atoms in total. The van der Waals surface area contributed by atoms with Gasteiger partial charge in [0, 0.05) is 23.3 Å². The van der Waals surface area contributed by atoms with Crippen LogP contribution in [0.1, 0.15) is 43.5 Å². The predicted octanol–water partition coefficient (Wildman–Crippen LogP) is 2.79. The number of hydrogen-bond acceptors (Lipinski definition) is 2. The van der Waals surface area contributed by atoms with E-state index in [0.29, 0.717) is 0 Å². The third-order valence-electron chi connectivity index (χ3n) is 3.14. The first-order valence-electron chi connectivity index (χ1n) is 6.29. The number of benzene rings is 1. The normalized spacial score (nSPS) is 16.4. The number of nitrogens with one attached hydrogen (secondary N) is 2. The molecule has 2 rings (SSSR count). The van der Waals surface area contributed by atoms with E-state index in [0.717, 1.165) is 37.1 Å². The van der Waals surface area contributed by atoms with Crippen LogP contribution >= 0.6 is 0 Å². The number of hydrogen-bond donors (Lipinski definition) is 2. The lowest BCUT2D eigenvalue weighted by atomic mass is 10.1. The molecule has 0 unspecified atom stereocenters. The van der Waals surface area contributed by atoms with Crippen LogP contribution in [-0.4, -0.2) is 18.0 Å². The molecule has 1 saturated carbocycles. The van der Waals surface area contributed by atoms with E-state index in [-0.39, 0.29) is 11.4 Å². The highest BCUT2D eigenvalue weighted by Gasteiger charge is 2.38. The number of anilines is 1. The Bertz CT molecular complexity index is 393. The monoisotopic (exact) mass is 232 g/mol. The lowest BCUT2D eigenvalue weighted by Crippen LogP contribution is -2.34. The molecule has 1 aromatic carbocycles. The van der Waals surface area contributed by atoms with Crippen molar-refractivity contribution in [2.75, 3.05) is 11.9 Å². The Balaban J connectivity index is 1.94. The molecule has 3 heteroatoms. The molecule has 92 valence electrons. The Hall–Kier alpha value is -1.51. The van der Waals surface area contributed by atoms with E-state index < -0.39 is 0 Å². The van der Waals surface area contributed by atoms with Crippen LogP contribution in [0, 0.1) is 0 Å². The summed E-state index contributed by atoms with van der Waals surface area (Å²) in [5.41, 5.74) is 1.86. The highest BCUT2D eigenvalue weighted by molar-refractivity contribution is 5.95. The smallest absolute Gasteiger partial charge is 0.251 e. The molecule has 1 aromatic rings. The number of carbonyl (C=O) groups is 1. The Morgan fingerprint density at radius 3 is 2.47 bits per heavy atom. The molecule has 17 heavy (non-hydrogen) atoms. The maximum absolute atomic E-state index is 11.9. The quantitative estimate of drug-likeness (QED) is 0.819. The highest BCUT2D eigenvalue weighted by Crippen LogP contribution is 2.34. The Morgan fingerprint density at radius 1 is 1.29 bits per heavy atom. The maximum atomic E-state index is 11.9. The second kappa shape index (κ2) is 4.78. The second-order valence-corrected chi connectivity index (χ2v) is 5.02. The van der Waals surface area contributed by atoms with Crippen LogP contribution in [0.3, 0.4) is 0 Å². The average molecular weight is 232 g/mol. The first kappa shape index (κ1) is 12.0. The zero-order chi connectivity index (χ0) is 12.3. The SMILES string of the molecule is CCCNc1ccc(C(=O)NC2(C)CC2)cc1. The molecule has 0 saturated heterocycles. The van der Waals surface area contributed by atoms with Gasteiger partial charge in [0.15, 0.2) is 0 Å². The third kappa shape index (κ3) is 3.22. The van der Waals surface area contributed by atoms with Crippen molar-refractivity contribution in [3.05, 3.63) is 29.8 Å². The summed E-state index contributed by atoms with van der Waals surface area (Å²) < 4.78 is 0. The van der Waals surface area contributed by atoms with Crippen LogP contribution in [0.15, 0.2) is 24.3 Å². The summed E-state index contributed by atoms with van der Waals surface area (Å²) >= 11 is 0.